The molecule has 1 aliphatic carbocycles. The first-order chi connectivity index (χ1) is 11.3. The number of piperidine rings is 1. The summed E-state index contributed by atoms with van der Waals surface area (Å²) >= 11 is 0. The van der Waals surface area contributed by atoms with Gasteiger partial charge in [0.05, 0.1) is 0 Å². The fourth-order valence-electron chi connectivity index (χ4n) is 3.58. The van der Waals surface area contributed by atoms with Crippen molar-refractivity contribution in [3.63, 3.8) is 0 Å². The minimum atomic E-state index is -0.524. The molecule has 1 aliphatic heterocycles. The van der Waals surface area contributed by atoms with E-state index in [1.165, 1.54) is 0 Å². The Balaban J connectivity index is 1.84. The quantitative estimate of drug-likeness (QED) is 0.843. The van der Waals surface area contributed by atoms with Gasteiger partial charge in [0.2, 0.25) is 0 Å². The molecule has 24 heavy (non-hydrogen) atoms. The van der Waals surface area contributed by atoms with Crippen molar-refractivity contribution in [2.75, 3.05) is 0 Å². The molecule has 1 heterocycles. The Morgan fingerprint density at radius 1 is 1.17 bits per heavy atom. The Labute approximate surface area is 144 Å². The monoisotopic (exact) mass is 329 g/mol. The van der Waals surface area contributed by atoms with Crippen LogP contribution in [-0.4, -0.2) is 34.5 Å². The summed E-state index contributed by atoms with van der Waals surface area (Å²) in [6, 6.07) is 9.99. The fraction of sp³-hybridized carbons (Fsp3) is 0.600. The van der Waals surface area contributed by atoms with Gasteiger partial charge < -0.3 is 9.64 Å². The molecule has 1 aromatic carbocycles. The van der Waals surface area contributed by atoms with Crippen molar-refractivity contribution < 1.29 is 14.3 Å². The third kappa shape index (κ3) is 4.16. The number of carbonyl (C=O) groups is 2. The van der Waals surface area contributed by atoms with Crippen LogP contribution in [0.25, 0.3) is 0 Å². The number of carbonyl (C=O) groups excluding carboxylic acids is 2. The standard InChI is InChI=1S/C20H27NO3/c1-20(2,3)24-19(23)21-16(11-14-7-5-4-6-8-14)12-17(22)13-18(21)15-9-10-15/h4-8,15-16,18H,9-13H2,1-3H3. The number of ether oxygens (including phenoxy) is 1. The van der Waals surface area contributed by atoms with Gasteiger partial charge in [-0.25, -0.2) is 4.79 Å². The minimum absolute atomic E-state index is 0.00909. The van der Waals surface area contributed by atoms with E-state index in [4.69, 9.17) is 4.74 Å². The lowest BCUT2D eigenvalue weighted by molar-refractivity contribution is -0.125. The van der Waals surface area contributed by atoms with Crippen molar-refractivity contribution in [2.24, 2.45) is 5.92 Å². The lowest BCUT2D eigenvalue weighted by Gasteiger charge is -2.42. The highest BCUT2D eigenvalue weighted by atomic mass is 16.6. The average Bonchev–Trinajstić information content (AvgIpc) is 3.30. The molecule has 130 valence electrons. The summed E-state index contributed by atoms with van der Waals surface area (Å²) in [4.78, 5) is 27.0. The van der Waals surface area contributed by atoms with Gasteiger partial charge in [0.1, 0.15) is 11.4 Å². The van der Waals surface area contributed by atoms with Gasteiger partial charge in [0, 0.05) is 24.9 Å². The highest BCUT2D eigenvalue weighted by Gasteiger charge is 2.46. The van der Waals surface area contributed by atoms with Crippen LogP contribution >= 0.6 is 0 Å². The summed E-state index contributed by atoms with van der Waals surface area (Å²) in [7, 11) is 0. The molecule has 0 spiro atoms. The molecule has 0 aromatic heterocycles. The molecule has 0 N–H and O–H groups in total. The summed E-state index contributed by atoms with van der Waals surface area (Å²) in [5.74, 6) is 0.729. The molecule has 3 rings (SSSR count). The topological polar surface area (TPSA) is 46.6 Å². The van der Waals surface area contributed by atoms with E-state index >= 15 is 0 Å². The second-order valence-corrected chi connectivity index (χ2v) is 8.08. The molecule has 2 fully saturated rings. The Morgan fingerprint density at radius 3 is 2.42 bits per heavy atom. The molecule has 0 bridgehead atoms. The Hall–Kier alpha value is -1.84. The highest BCUT2D eigenvalue weighted by Crippen LogP contribution is 2.41. The third-order valence-electron chi connectivity index (χ3n) is 4.74. The summed E-state index contributed by atoms with van der Waals surface area (Å²) < 4.78 is 5.66. The first-order valence-electron chi connectivity index (χ1n) is 8.90. The van der Waals surface area contributed by atoms with Gasteiger partial charge in [-0.15, -0.1) is 0 Å². The van der Waals surface area contributed by atoms with E-state index in [9.17, 15) is 9.59 Å². The number of likely N-dealkylation sites (tertiary alicyclic amines) is 1. The van der Waals surface area contributed by atoms with Gasteiger partial charge in [-0.1, -0.05) is 30.3 Å². The van der Waals surface area contributed by atoms with E-state index in [0.29, 0.717) is 25.2 Å². The van der Waals surface area contributed by atoms with E-state index in [-0.39, 0.29) is 24.0 Å². The van der Waals surface area contributed by atoms with Crippen LogP contribution in [0.4, 0.5) is 4.79 Å². The van der Waals surface area contributed by atoms with Crippen molar-refractivity contribution in [3.05, 3.63) is 35.9 Å². The number of rotatable bonds is 3. The Kier molecular flexibility index (Phi) is 4.66. The predicted molar refractivity (Wildman–Crippen MR) is 92.8 cm³/mol. The normalized spacial score (nSPS) is 24.8. The smallest absolute Gasteiger partial charge is 0.410 e. The van der Waals surface area contributed by atoms with Gasteiger partial charge >= 0.3 is 6.09 Å². The van der Waals surface area contributed by atoms with Gasteiger partial charge in [-0.05, 0) is 51.5 Å². The van der Waals surface area contributed by atoms with Crippen LogP contribution in [0.1, 0.15) is 52.0 Å². The maximum atomic E-state index is 12.9. The van der Waals surface area contributed by atoms with Crippen LogP contribution in [0.5, 0.6) is 0 Å². The maximum absolute atomic E-state index is 12.9. The maximum Gasteiger partial charge on any atom is 0.410 e. The van der Waals surface area contributed by atoms with E-state index in [1.807, 2.05) is 43.9 Å². The molecule has 2 aliphatic rings. The van der Waals surface area contributed by atoms with Crippen molar-refractivity contribution in [1.29, 1.82) is 0 Å². The van der Waals surface area contributed by atoms with Crippen molar-refractivity contribution in [1.82, 2.24) is 4.90 Å². The number of hydrogen-bond donors (Lipinski definition) is 0. The molecule has 4 heteroatoms. The van der Waals surface area contributed by atoms with Gasteiger partial charge in [-0.2, -0.15) is 0 Å². The zero-order chi connectivity index (χ0) is 17.3. The summed E-state index contributed by atoms with van der Waals surface area (Å²) in [5, 5.41) is 0. The molecule has 4 nitrogen and oxygen atoms in total. The average molecular weight is 329 g/mol. The molecule has 2 unspecified atom stereocenters. The van der Waals surface area contributed by atoms with Gasteiger partial charge in [-0.3, -0.25) is 4.79 Å². The van der Waals surface area contributed by atoms with Crippen molar-refractivity contribution >= 4 is 11.9 Å². The van der Waals surface area contributed by atoms with Crippen molar-refractivity contribution in [3.8, 4) is 0 Å². The molecule has 1 amide bonds. The first kappa shape index (κ1) is 17.0. The second kappa shape index (κ2) is 6.58. The molecule has 0 radical (unpaired) electrons. The van der Waals surface area contributed by atoms with Crippen LogP contribution in [-0.2, 0) is 16.0 Å². The van der Waals surface area contributed by atoms with Crippen LogP contribution in [0.2, 0.25) is 0 Å². The van der Waals surface area contributed by atoms with Crippen LogP contribution in [0.3, 0.4) is 0 Å². The number of nitrogens with zero attached hydrogens (tertiary/aromatic N) is 1. The number of hydrogen-bond acceptors (Lipinski definition) is 3. The molecule has 1 saturated carbocycles. The predicted octanol–water partition coefficient (Wildman–Crippen LogP) is 3.98. The zero-order valence-corrected chi connectivity index (χ0v) is 14.8. The summed E-state index contributed by atoms with van der Waals surface area (Å²) in [6.07, 6.45) is 3.56. The summed E-state index contributed by atoms with van der Waals surface area (Å²) in [6.45, 7) is 5.66. The minimum Gasteiger partial charge on any atom is -0.444 e. The largest absolute Gasteiger partial charge is 0.444 e. The lowest BCUT2D eigenvalue weighted by atomic mass is 9.88. The third-order valence-corrected chi connectivity index (χ3v) is 4.74. The SMILES string of the molecule is CC(C)(C)OC(=O)N1C(Cc2ccccc2)CC(=O)CC1C1CC1. The number of benzene rings is 1. The molecular weight excluding hydrogens is 302 g/mol. The van der Waals surface area contributed by atoms with E-state index < -0.39 is 5.60 Å². The van der Waals surface area contributed by atoms with Crippen LogP contribution in [0, 0.1) is 5.92 Å². The molecule has 2 atom stereocenters. The van der Waals surface area contributed by atoms with Crippen molar-refractivity contribution in [2.45, 2.75) is 70.6 Å². The van der Waals surface area contributed by atoms with E-state index in [0.717, 1.165) is 18.4 Å². The molecule has 1 aromatic rings. The Morgan fingerprint density at radius 2 is 1.83 bits per heavy atom. The van der Waals surface area contributed by atoms with Gasteiger partial charge in [0.15, 0.2) is 0 Å². The zero-order valence-electron chi connectivity index (χ0n) is 14.8. The summed E-state index contributed by atoms with van der Waals surface area (Å²) in [5.41, 5.74) is 0.629. The first-order valence-corrected chi connectivity index (χ1v) is 8.90. The number of ketones is 1. The Bertz CT molecular complexity index is 601. The molecular formula is C20H27NO3. The molecule has 1 saturated heterocycles. The van der Waals surface area contributed by atoms with E-state index in [2.05, 4.69) is 12.1 Å². The fourth-order valence-corrected chi connectivity index (χ4v) is 3.58. The van der Waals surface area contributed by atoms with Crippen LogP contribution < -0.4 is 0 Å². The lowest BCUT2D eigenvalue weighted by Crippen LogP contribution is -2.55. The van der Waals surface area contributed by atoms with Gasteiger partial charge in [0.25, 0.3) is 0 Å². The number of Topliss-reactive ketones (excluding diaryl/α,β-unsaturated/α-hetero) is 1. The number of amides is 1. The second-order valence-electron chi connectivity index (χ2n) is 8.08. The highest BCUT2D eigenvalue weighted by molar-refractivity contribution is 5.83. The van der Waals surface area contributed by atoms with E-state index in [1.54, 1.807) is 0 Å². The van der Waals surface area contributed by atoms with Crippen LogP contribution in [0.15, 0.2) is 30.3 Å².